The fraction of sp³-hybridized carbons (Fsp3) is 0. The smallest absolute Gasteiger partial charge is 0.0200 e. The fourth-order valence-corrected chi connectivity index (χ4v) is 3.09. The Hall–Kier alpha value is -2.25. The first-order chi connectivity index (χ1) is 10.4. The Kier molecular flexibility index (Phi) is 4.55. The van der Waals surface area contributed by atoms with E-state index in [1.165, 1.54) is 20.9 Å². The molecule has 102 valence electrons. The van der Waals surface area contributed by atoms with Crippen molar-refractivity contribution in [3.63, 3.8) is 0 Å². The quantitative estimate of drug-likeness (QED) is 0.420. The van der Waals surface area contributed by atoms with Crippen molar-refractivity contribution in [3.8, 4) is 0 Å². The third-order valence-corrected chi connectivity index (χ3v) is 4.21. The molecule has 0 nitrogen and oxygen atoms in total. The van der Waals surface area contributed by atoms with Crippen LogP contribution in [0.2, 0.25) is 0 Å². The first-order valence-electron chi connectivity index (χ1n) is 6.97. The van der Waals surface area contributed by atoms with Crippen molar-refractivity contribution >= 4 is 22.7 Å². The Labute approximate surface area is 130 Å². The monoisotopic (exact) mass is 288 g/mol. The highest BCUT2D eigenvalue weighted by molar-refractivity contribution is 8.08. The van der Waals surface area contributed by atoms with Crippen molar-refractivity contribution in [1.82, 2.24) is 0 Å². The first kappa shape index (κ1) is 13.7. The standard InChI is InChI=1S/C20H16S/c1-4-10-17(11-5-1)16-20(18-12-6-2-7-13-18)21-19-14-8-3-9-15-19/h1-16H. The SMILES string of the molecule is C(=C(Sc1ccccc1)c1ccccc1)c1ccccc1. The number of hydrogen-bond donors (Lipinski definition) is 0. The molecule has 0 bridgehead atoms. The summed E-state index contributed by atoms with van der Waals surface area (Å²) in [4.78, 5) is 2.51. The van der Waals surface area contributed by atoms with Crippen LogP contribution in [-0.4, -0.2) is 0 Å². The van der Waals surface area contributed by atoms with E-state index in [-0.39, 0.29) is 0 Å². The number of hydrogen-bond acceptors (Lipinski definition) is 1. The predicted octanol–water partition coefficient (Wildman–Crippen LogP) is 5.98. The van der Waals surface area contributed by atoms with E-state index in [4.69, 9.17) is 0 Å². The van der Waals surface area contributed by atoms with Gasteiger partial charge in [-0.15, -0.1) is 0 Å². The molecule has 0 saturated carbocycles. The van der Waals surface area contributed by atoms with Gasteiger partial charge in [0.05, 0.1) is 0 Å². The van der Waals surface area contributed by atoms with Crippen LogP contribution in [0.3, 0.4) is 0 Å². The third-order valence-electron chi connectivity index (χ3n) is 3.13. The fourth-order valence-electron chi connectivity index (χ4n) is 2.09. The van der Waals surface area contributed by atoms with Gasteiger partial charge in [0.25, 0.3) is 0 Å². The molecular formula is C20H16S. The van der Waals surface area contributed by atoms with Gasteiger partial charge in [0.1, 0.15) is 0 Å². The lowest BCUT2D eigenvalue weighted by atomic mass is 10.1. The Morgan fingerprint density at radius 1 is 0.619 bits per heavy atom. The molecule has 0 aliphatic carbocycles. The van der Waals surface area contributed by atoms with E-state index in [2.05, 4.69) is 84.9 Å². The summed E-state index contributed by atoms with van der Waals surface area (Å²) in [6, 6.07) is 31.5. The Balaban J connectivity index is 1.97. The van der Waals surface area contributed by atoms with Crippen molar-refractivity contribution < 1.29 is 0 Å². The molecular weight excluding hydrogens is 272 g/mol. The highest BCUT2D eigenvalue weighted by Gasteiger charge is 2.04. The van der Waals surface area contributed by atoms with Gasteiger partial charge in [-0.3, -0.25) is 0 Å². The van der Waals surface area contributed by atoms with E-state index in [9.17, 15) is 0 Å². The highest BCUT2D eigenvalue weighted by atomic mass is 32.2. The maximum atomic E-state index is 2.24. The molecule has 0 saturated heterocycles. The van der Waals surface area contributed by atoms with Crippen molar-refractivity contribution in [2.75, 3.05) is 0 Å². The van der Waals surface area contributed by atoms with Gasteiger partial charge in [-0.05, 0) is 29.3 Å². The van der Waals surface area contributed by atoms with E-state index in [0.717, 1.165) is 0 Å². The van der Waals surface area contributed by atoms with E-state index < -0.39 is 0 Å². The Morgan fingerprint density at radius 2 is 1.14 bits per heavy atom. The zero-order chi connectivity index (χ0) is 14.3. The summed E-state index contributed by atoms with van der Waals surface area (Å²) in [5.41, 5.74) is 2.47. The lowest BCUT2D eigenvalue weighted by Gasteiger charge is -2.08. The van der Waals surface area contributed by atoms with Crippen LogP contribution in [0.4, 0.5) is 0 Å². The zero-order valence-electron chi connectivity index (χ0n) is 11.6. The molecule has 1 heteroatoms. The van der Waals surface area contributed by atoms with E-state index in [1.807, 2.05) is 12.1 Å². The molecule has 0 heterocycles. The van der Waals surface area contributed by atoms with Gasteiger partial charge in [-0.1, -0.05) is 90.6 Å². The first-order valence-corrected chi connectivity index (χ1v) is 7.78. The predicted molar refractivity (Wildman–Crippen MR) is 93.1 cm³/mol. The number of rotatable bonds is 4. The maximum Gasteiger partial charge on any atom is 0.0200 e. The summed E-state index contributed by atoms with van der Waals surface area (Å²) in [6.45, 7) is 0. The molecule has 0 amide bonds. The van der Waals surface area contributed by atoms with Crippen LogP contribution in [0, 0.1) is 0 Å². The summed E-state index contributed by atoms with van der Waals surface area (Å²) in [6.07, 6.45) is 2.24. The van der Waals surface area contributed by atoms with Gasteiger partial charge in [-0.2, -0.15) is 0 Å². The maximum absolute atomic E-state index is 2.24. The molecule has 0 radical (unpaired) electrons. The average molecular weight is 288 g/mol. The minimum absolute atomic E-state index is 1.22. The molecule has 3 aromatic rings. The van der Waals surface area contributed by atoms with Gasteiger partial charge in [0.2, 0.25) is 0 Å². The zero-order valence-corrected chi connectivity index (χ0v) is 12.5. The van der Waals surface area contributed by atoms with E-state index >= 15 is 0 Å². The molecule has 21 heavy (non-hydrogen) atoms. The highest BCUT2D eigenvalue weighted by Crippen LogP contribution is 2.35. The Morgan fingerprint density at radius 3 is 1.76 bits per heavy atom. The van der Waals surface area contributed by atoms with Crippen LogP contribution in [0.25, 0.3) is 11.0 Å². The van der Waals surface area contributed by atoms with Crippen molar-refractivity contribution in [1.29, 1.82) is 0 Å². The molecule has 0 unspecified atom stereocenters. The van der Waals surface area contributed by atoms with E-state index in [1.54, 1.807) is 11.8 Å². The largest absolute Gasteiger partial charge is 0.0895 e. The second-order valence-electron chi connectivity index (χ2n) is 4.70. The van der Waals surface area contributed by atoms with Crippen molar-refractivity contribution in [3.05, 3.63) is 102 Å². The average Bonchev–Trinajstić information content (AvgIpc) is 2.57. The van der Waals surface area contributed by atoms with Crippen LogP contribution >= 0.6 is 11.8 Å². The van der Waals surface area contributed by atoms with Crippen LogP contribution in [0.1, 0.15) is 11.1 Å². The van der Waals surface area contributed by atoms with Gasteiger partial charge in [-0.25, -0.2) is 0 Å². The second-order valence-corrected chi connectivity index (χ2v) is 5.82. The van der Waals surface area contributed by atoms with E-state index in [0.29, 0.717) is 0 Å². The van der Waals surface area contributed by atoms with Gasteiger partial charge >= 0.3 is 0 Å². The normalized spacial score (nSPS) is 11.3. The molecule has 0 atom stereocenters. The lowest BCUT2D eigenvalue weighted by Crippen LogP contribution is -1.81. The summed E-state index contributed by atoms with van der Waals surface area (Å²) in [5.74, 6) is 0. The minimum Gasteiger partial charge on any atom is -0.0895 e. The molecule has 3 aromatic carbocycles. The summed E-state index contributed by atoms with van der Waals surface area (Å²) >= 11 is 1.80. The van der Waals surface area contributed by atoms with Crippen LogP contribution in [-0.2, 0) is 0 Å². The molecule has 0 N–H and O–H groups in total. The van der Waals surface area contributed by atoms with Gasteiger partial charge < -0.3 is 0 Å². The summed E-state index contributed by atoms with van der Waals surface area (Å²) in [7, 11) is 0. The van der Waals surface area contributed by atoms with Crippen LogP contribution in [0.5, 0.6) is 0 Å². The second kappa shape index (κ2) is 6.96. The molecule has 0 aliphatic rings. The van der Waals surface area contributed by atoms with Crippen molar-refractivity contribution in [2.45, 2.75) is 4.90 Å². The molecule has 0 aliphatic heterocycles. The topological polar surface area (TPSA) is 0 Å². The molecule has 3 rings (SSSR count). The molecule has 0 fully saturated rings. The van der Waals surface area contributed by atoms with Crippen molar-refractivity contribution in [2.24, 2.45) is 0 Å². The minimum atomic E-state index is 1.22. The summed E-state index contributed by atoms with van der Waals surface area (Å²) in [5, 5.41) is 0. The molecule has 0 aromatic heterocycles. The lowest BCUT2D eigenvalue weighted by molar-refractivity contribution is 1.47. The van der Waals surface area contributed by atoms with Gasteiger partial charge in [0.15, 0.2) is 0 Å². The molecule has 0 spiro atoms. The number of thioether (sulfide) groups is 1. The van der Waals surface area contributed by atoms with Crippen LogP contribution < -0.4 is 0 Å². The summed E-state index contributed by atoms with van der Waals surface area (Å²) < 4.78 is 0. The number of benzene rings is 3. The van der Waals surface area contributed by atoms with Crippen LogP contribution in [0.15, 0.2) is 95.9 Å². The van der Waals surface area contributed by atoms with Gasteiger partial charge in [0, 0.05) is 9.80 Å². The third kappa shape index (κ3) is 3.87. The Bertz CT molecular complexity index is 701.